The van der Waals surface area contributed by atoms with Crippen LogP contribution in [0.25, 0.3) is 12.2 Å². The Labute approximate surface area is 143 Å². The summed E-state index contributed by atoms with van der Waals surface area (Å²) in [5.74, 6) is 1.83. The van der Waals surface area contributed by atoms with Crippen LogP contribution >= 0.6 is 0 Å². The van der Waals surface area contributed by atoms with Crippen molar-refractivity contribution in [2.24, 2.45) is 0 Å². The fraction of sp³-hybridized carbons (Fsp3) is 0.238. The molecule has 0 amide bonds. The molecule has 0 saturated carbocycles. The summed E-state index contributed by atoms with van der Waals surface area (Å²) in [5.41, 5.74) is 4.18. The molecule has 0 unspecified atom stereocenters. The van der Waals surface area contributed by atoms with E-state index in [-0.39, 0.29) is 0 Å². The number of methoxy groups -OCH3 is 2. The number of allylic oxidation sites excluding steroid dienone is 2. The molecule has 0 aliphatic rings. The lowest BCUT2D eigenvalue weighted by molar-refractivity contribution is 0.394. The number of rotatable bonds is 6. The normalized spacial score (nSPS) is 10.7. The minimum atomic E-state index is 0.327. The molecule has 1 N–H and O–H groups in total. The fourth-order valence-electron chi connectivity index (χ4n) is 2.30. The molecule has 3 nitrogen and oxygen atoms in total. The molecule has 0 heterocycles. The van der Waals surface area contributed by atoms with Gasteiger partial charge >= 0.3 is 0 Å². The lowest BCUT2D eigenvalue weighted by Crippen LogP contribution is -1.88. The van der Waals surface area contributed by atoms with Gasteiger partial charge in [0.2, 0.25) is 0 Å². The van der Waals surface area contributed by atoms with Gasteiger partial charge < -0.3 is 14.6 Å². The molecule has 126 valence electrons. The second-order valence-electron chi connectivity index (χ2n) is 5.85. The second kappa shape index (κ2) is 8.25. The van der Waals surface area contributed by atoms with E-state index in [0.29, 0.717) is 5.75 Å². The van der Waals surface area contributed by atoms with Crippen molar-refractivity contribution < 1.29 is 14.6 Å². The van der Waals surface area contributed by atoms with E-state index in [1.54, 1.807) is 20.3 Å². The predicted octanol–water partition coefficient (Wildman–Crippen LogP) is 5.09. The second-order valence-corrected chi connectivity index (χ2v) is 5.85. The van der Waals surface area contributed by atoms with Crippen molar-refractivity contribution in [3.8, 4) is 17.2 Å². The SMILES string of the molecule is COc1cc(/C=C/c2ccc(O)c(CC=C(C)C)c2)cc(OC)c1. The minimum absolute atomic E-state index is 0.327. The van der Waals surface area contributed by atoms with Crippen LogP contribution in [0.4, 0.5) is 0 Å². The van der Waals surface area contributed by atoms with Crippen molar-refractivity contribution in [2.75, 3.05) is 14.2 Å². The third kappa shape index (κ3) is 4.92. The maximum absolute atomic E-state index is 9.98. The molecule has 0 fully saturated rings. The molecule has 2 aromatic rings. The standard InChI is InChI=1S/C21H24O3/c1-15(2)5-9-18-11-16(8-10-21(18)22)6-7-17-12-19(23-3)14-20(13-17)24-4/h5-8,10-14,22H,9H2,1-4H3/b7-6+. The Morgan fingerprint density at radius 3 is 2.12 bits per heavy atom. The summed E-state index contributed by atoms with van der Waals surface area (Å²) in [5, 5.41) is 9.98. The van der Waals surface area contributed by atoms with E-state index in [2.05, 4.69) is 19.9 Å². The number of hydrogen-bond donors (Lipinski definition) is 1. The zero-order valence-electron chi connectivity index (χ0n) is 14.7. The van der Waals surface area contributed by atoms with E-state index >= 15 is 0 Å². The van der Waals surface area contributed by atoms with Crippen LogP contribution in [0.3, 0.4) is 0 Å². The Bertz CT molecular complexity index is 731. The molecule has 0 saturated heterocycles. The van der Waals surface area contributed by atoms with Gasteiger partial charge in [0.05, 0.1) is 14.2 Å². The van der Waals surface area contributed by atoms with Gasteiger partial charge in [0.25, 0.3) is 0 Å². The van der Waals surface area contributed by atoms with Crippen LogP contribution in [0.2, 0.25) is 0 Å². The van der Waals surface area contributed by atoms with E-state index in [1.165, 1.54) is 5.57 Å². The molecule has 2 aromatic carbocycles. The zero-order chi connectivity index (χ0) is 17.5. The summed E-state index contributed by atoms with van der Waals surface area (Å²) < 4.78 is 10.6. The van der Waals surface area contributed by atoms with Crippen molar-refractivity contribution in [1.29, 1.82) is 0 Å². The van der Waals surface area contributed by atoms with E-state index in [9.17, 15) is 5.11 Å². The largest absolute Gasteiger partial charge is 0.508 e. The Hall–Kier alpha value is -2.68. The van der Waals surface area contributed by atoms with Gasteiger partial charge in [-0.05, 0) is 61.2 Å². The lowest BCUT2D eigenvalue weighted by atomic mass is 10.0. The lowest BCUT2D eigenvalue weighted by Gasteiger charge is -2.06. The molecule has 0 atom stereocenters. The summed E-state index contributed by atoms with van der Waals surface area (Å²) in [6, 6.07) is 11.4. The van der Waals surface area contributed by atoms with Crippen molar-refractivity contribution in [1.82, 2.24) is 0 Å². The van der Waals surface area contributed by atoms with Crippen LogP contribution in [-0.4, -0.2) is 19.3 Å². The highest BCUT2D eigenvalue weighted by Gasteiger charge is 2.02. The van der Waals surface area contributed by atoms with E-state index in [0.717, 1.165) is 34.6 Å². The smallest absolute Gasteiger partial charge is 0.123 e. The highest BCUT2D eigenvalue weighted by molar-refractivity contribution is 5.71. The Morgan fingerprint density at radius 1 is 0.917 bits per heavy atom. The minimum Gasteiger partial charge on any atom is -0.508 e. The van der Waals surface area contributed by atoms with Gasteiger partial charge in [0.15, 0.2) is 0 Å². The van der Waals surface area contributed by atoms with Crippen LogP contribution < -0.4 is 9.47 Å². The monoisotopic (exact) mass is 324 g/mol. The van der Waals surface area contributed by atoms with Gasteiger partial charge in [0, 0.05) is 6.07 Å². The van der Waals surface area contributed by atoms with Crippen LogP contribution in [-0.2, 0) is 6.42 Å². The van der Waals surface area contributed by atoms with Gasteiger partial charge in [-0.1, -0.05) is 29.9 Å². The zero-order valence-corrected chi connectivity index (χ0v) is 14.7. The molecule has 0 bridgehead atoms. The first-order valence-electron chi connectivity index (χ1n) is 7.88. The van der Waals surface area contributed by atoms with Gasteiger partial charge in [0.1, 0.15) is 17.2 Å². The molecule has 2 rings (SSSR count). The molecular weight excluding hydrogens is 300 g/mol. The third-order valence-electron chi connectivity index (χ3n) is 3.68. The van der Waals surface area contributed by atoms with Crippen LogP contribution in [0, 0.1) is 0 Å². The van der Waals surface area contributed by atoms with E-state index < -0.39 is 0 Å². The highest BCUT2D eigenvalue weighted by Crippen LogP contribution is 2.25. The number of benzene rings is 2. The Morgan fingerprint density at radius 2 is 1.54 bits per heavy atom. The number of hydrogen-bond acceptors (Lipinski definition) is 3. The molecule has 0 aliphatic carbocycles. The van der Waals surface area contributed by atoms with Crippen LogP contribution in [0.1, 0.15) is 30.5 Å². The molecule has 3 heteroatoms. The molecule has 0 spiro atoms. The first kappa shape index (κ1) is 17.7. The van der Waals surface area contributed by atoms with Crippen molar-refractivity contribution in [3.63, 3.8) is 0 Å². The van der Waals surface area contributed by atoms with Crippen molar-refractivity contribution in [3.05, 3.63) is 64.7 Å². The number of aromatic hydroxyl groups is 1. The van der Waals surface area contributed by atoms with E-state index in [4.69, 9.17) is 9.47 Å². The number of phenols is 1. The quantitative estimate of drug-likeness (QED) is 0.594. The molecule has 24 heavy (non-hydrogen) atoms. The van der Waals surface area contributed by atoms with Crippen molar-refractivity contribution >= 4 is 12.2 Å². The van der Waals surface area contributed by atoms with Gasteiger partial charge in [-0.3, -0.25) is 0 Å². The maximum atomic E-state index is 9.98. The van der Waals surface area contributed by atoms with Gasteiger partial charge in [-0.25, -0.2) is 0 Å². The predicted molar refractivity (Wildman–Crippen MR) is 99.7 cm³/mol. The summed E-state index contributed by atoms with van der Waals surface area (Å²) >= 11 is 0. The van der Waals surface area contributed by atoms with Crippen LogP contribution in [0.5, 0.6) is 17.2 Å². The average Bonchev–Trinajstić information content (AvgIpc) is 2.59. The highest BCUT2D eigenvalue weighted by atomic mass is 16.5. The molecule has 0 radical (unpaired) electrons. The summed E-state index contributed by atoms with van der Waals surface area (Å²) in [6.45, 7) is 4.11. The Kier molecular flexibility index (Phi) is 6.07. The molecule has 0 aliphatic heterocycles. The topological polar surface area (TPSA) is 38.7 Å². The summed E-state index contributed by atoms with van der Waals surface area (Å²) in [6.07, 6.45) is 6.85. The molecule has 0 aromatic heterocycles. The first-order valence-corrected chi connectivity index (χ1v) is 7.88. The summed E-state index contributed by atoms with van der Waals surface area (Å²) in [7, 11) is 3.27. The number of phenolic OH excluding ortho intramolecular Hbond substituents is 1. The van der Waals surface area contributed by atoms with Gasteiger partial charge in [-0.2, -0.15) is 0 Å². The fourth-order valence-corrected chi connectivity index (χ4v) is 2.30. The third-order valence-corrected chi connectivity index (χ3v) is 3.68. The first-order chi connectivity index (χ1) is 11.5. The molecular formula is C21H24O3. The van der Waals surface area contributed by atoms with Crippen LogP contribution in [0.15, 0.2) is 48.0 Å². The van der Waals surface area contributed by atoms with Crippen molar-refractivity contribution in [2.45, 2.75) is 20.3 Å². The number of ether oxygens (including phenoxy) is 2. The van der Waals surface area contributed by atoms with E-state index in [1.807, 2.05) is 42.5 Å². The average molecular weight is 324 g/mol. The maximum Gasteiger partial charge on any atom is 0.123 e. The summed E-state index contributed by atoms with van der Waals surface area (Å²) in [4.78, 5) is 0. The Balaban J connectivity index is 2.26. The van der Waals surface area contributed by atoms with Gasteiger partial charge in [-0.15, -0.1) is 0 Å².